The van der Waals surface area contributed by atoms with Gasteiger partial charge in [-0.05, 0) is 61.1 Å². The van der Waals surface area contributed by atoms with Crippen LogP contribution in [0.15, 0.2) is 48.5 Å². The van der Waals surface area contributed by atoms with Crippen LogP contribution in [0.1, 0.15) is 43.7 Å². The van der Waals surface area contributed by atoms with Crippen LogP contribution < -0.4 is 10.1 Å². The molecule has 1 heterocycles. The molecule has 2 amide bonds. The van der Waals surface area contributed by atoms with Crippen molar-refractivity contribution in [1.29, 1.82) is 0 Å². The molecule has 0 aliphatic carbocycles. The van der Waals surface area contributed by atoms with Gasteiger partial charge in [0.25, 0.3) is 5.91 Å². The number of para-hydroxylation sites is 1. The van der Waals surface area contributed by atoms with E-state index < -0.39 is 0 Å². The summed E-state index contributed by atoms with van der Waals surface area (Å²) in [4.78, 5) is 26.7. The molecule has 3 rings (SSSR count). The summed E-state index contributed by atoms with van der Waals surface area (Å²) in [5.41, 5.74) is 3.28. The third kappa shape index (κ3) is 5.59. The lowest BCUT2D eigenvalue weighted by atomic mass is 9.95. The first-order valence-electron chi connectivity index (χ1n) is 10.3. The molecule has 2 aromatic carbocycles. The Labute approximate surface area is 173 Å². The van der Waals surface area contributed by atoms with Crippen LogP contribution in [0.25, 0.3) is 0 Å². The molecule has 0 saturated carbocycles. The monoisotopic (exact) mass is 394 g/mol. The maximum Gasteiger partial charge on any atom is 0.260 e. The van der Waals surface area contributed by atoms with Crippen molar-refractivity contribution in [2.45, 2.75) is 39.5 Å². The summed E-state index contributed by atoms with van der Waals surface area (Å²) in [7, 11) is 0. The van der Waals surface area contributed by atoms with Crippen LogP contribution in [-0.2, 0) is 9.59 Å². The number of likely N-dealkylation sites (tertiary alicyclic amines) is 1. The summed E-state index contributed by atoms with van der Waals surface area (Å²) in [6.45, 7) is 7.59. The Morgan fingerprint density at radius 3 is 2.41 bits per heavy atom. The zero-order chi connectivity index (χ0) is 20.8. The fourth-order valence-corrected chi connectivity index (χ4v) is 3.78. The summed E-state index contributed by atoms with van der Waals surface area (Å²) >= 11 is 0. The number of aryl methyl sites for hydroxylation is 1. The lowest BCUT2D eigenvalue weighted by molar-refractivity contribution is -0.136. The smallest absolute Gasteiger partial charge is 0.260 e. The van der Waals surface area contributed by atoms with Crippen LogP contribution >= 0.6 is 0 Å². The molecule has 5 heteroatoms. The Kier molecular flexibility index (Phi) is 6.91. The number of hydrogen-bond donors (Lipinski definition) is 1. The first-order chi connectivity index (χ1) is 13.9. The summed E-state index contributed by atoms with van der Waals surface area (Å²) in [6.07, 6.45) is 1.35. The Hall–Kier alpha value is -2.82. The first-order valence-corrected chi connectivity index (χ1v) is 10.3. The average molecular weight is 395 g/mol. The van der Waals surface area contributed by atoms with Gasteiger partial charge in [0.05, 0.1) is 0 Å². The standard InChI is InChI=1S/C24H30N2O3/c1-17(2)22-10-9-21(15-18(22)3)29-16-23(27)26-13-11-19(12-14-26)24(28)25-20-7-5-4-6-8-20/h4-10,15,17,19H,11-14,16H2,1-3H3,(H,25,28). The van der Waals surface area contributed by atoms with E-state index in [9.17, 15) is 9.59 Å². The number of hydrogen-bond acceptors (Lipinski definition) is 3. The topological polar surface area (TPSA) is 58.6 Å². The number of benzene rings is 2. The Morgan fingerprint density at radius 1 is 1.10 bits per heavy atom. The third-order valence-electron chi connectivity index (χ3n) is 5.49. The summed E-state index contributed by atoms with van der Waals surface area (Å²) in [6, 6.07) is 15.5. The van der Waals surface area contributed by atoms with E-state index in [1.54, 1.807) is 4.90 Å². The van der Waals surface area contributed by atoms with Gasteiger partial charge in [-0.3, -0.25) is 9.59 Å². The molecule has 0 radical (unpaired) electrons. The molecule has 1 fully saturated rings. The molecule has 0 bridgehead atoms. The highest BCUT2D eigenvalue weighted by Gasteiger charge is 2.27. The molecule has 0 spiro atoms. The summed E-state index contributed by atoms with van der Waals surface area (Å²) in [5.74, 6) is 1.12. The minimum atomic E-state index is -0.0635. The van der Waals surface area contributed by atoms with E-state index in [2.05, 4.69) is 32.2 Å². The number of carbonyl (C=O) groups excluding carboxylic acids is 2. The average Bonchev–Trinajstić information content (AvgIpc) is 2.72. The number of nitrogens with one attached hydrogen (secondary N) is 1. The number of nitrogens with zero attached hydrogens (tertiary/aromatic N) is 1. The zero-order valence-corrected chi connectivity index (χ0v) is 17.5. The Balaban J connectivity index is 1.45. The fraction of sp³-hybridized carbons (Fsp3) is 0.417. The molecule has 1 saturated heterocycles. The Bertz CT molecular complexity index is 840. The molecule has 0 aromatic heterocycles. The van der Waals surface area contributed by atoms with Crippen LogP contribution in [0, 0.1) is 12.8 Å². The van der Waals surface area contributed by atoms with E-state index >= 15 is 0 Å². The molecule has 2 aromatic rings. The number of anilines is 1. The van der Waals surface area contributed by atoms with Crippen molar-refractivity contribution in [3.05, 3.63) is 59.7 Å². The van der Waals surface area contributed by atoms with E-state index in [-0.39, 0.29) is 24.3 Å². The predicted octanol–water partition coefficient (Wildman–Crippen LogP) is 4.37. The number of ether oxygens (including phenoxy) is 1. The van der Waals surface area contributed by atoms with Crippen LogP contribution in [0.5, 0.6) is 5.75 Å². The second-order valence-corrected chi connectivity index (χ2v) is 7.97. The second-order valence-electron chi connectivity index (χ2n) is 7.97. The van der Waals surface area contributed by atoms with Crippen molar-refractivity contribution in [1.82, 2.24) is 4.90 Å². The number of rotatable bonds is 6. The van der Waals surface area contributed by atoms with Gasteiger partial charge in [0.15, 0.2) is 6.61 Å². The SMILES string of the molecule is Cc1cc(OCC(=O)N2CCC(C(=O)Nc3ccccc3)CC2)ccc1C(C)C. The first kappa shape index (κ1) is 20.9. The number of carbonyl (C=O) groups is 2. The highest BCUT2D eigenvalue weighted by Crippen LogP contribution is 2.24. The zero-order valence-electron chi connectivity index (χ0n) is 17.5. The van der Waals surface area contributed by atoms with Crippen LogP contribution in [0.4, 0.5) is 5.69 Å². The van der Waals surface area contributed by atoms with E-state index in [0.717, 1.165) is 11.4 Å². The molecular weight excluding hydrogens is 364 g/mol. The lowest BCUT2D eigenvalue weighted by Crippen LogP contribution is -2.43. The van der Waals surface area contributed by atoms with Gasteiger partial charge in [-0.2, -0.15) is 0 Å². The normalized spacial score (nSPS) is 14.7. The van der Waals surface area contributed by atoms with Gasteiger partial charge in [0.2, 0.25) is 5.91 Å². The molecule has 29 heavy (non-hydrogen) atoms. The highest BCUT2D eigenvalue weighted by molar-refractivity contribution is 5.92. The van der Waals surface area contributed by atoms with E-state index in [0.29, 0.717) is 31.8 Å². The fourth-order valence-electron chi connectivity index (χ4n) is 3.78. The maximum absolute atomic E-state index is 12.5. The van der Waals surface area contributed by atoms with E-state index in [4.69, 9.17) is 4.74 Å². The quantitative estimate of drug-likeness (QED) is 0.791. The largest absolute Gasteiger partial charge is 0.484 e. The van der Waals surface area contributed by atoms with Gasteiger partial charge >= 0.3 is 0 Å². The minimum Gasteiger partial charge on any atom is -0.484 e. The van der Waals surface area contributed by atoms with E-state index in [1.807, 2.05) is 42.5 Å². The molecule has 1 aliphatic rings. The highest BCUT2D eigenvalue weighted by atomic mass is 16.5. The van der Waals surface area contributed by atoms with Gasteiger partial charge < -0.3 is 15.0 Å². The molecule has 5 nitrogen and oxygen atoms in total. The van der Waals surface area contributed by atoms with Crippen molar-refractivity contribution in [2.75, 3.05) is 25.0 Å². The van der Waals surface area contributed by atoms with Gasteiger partial charge in [-0.1, -0.05) is 38.1 Å². The molecule has 154 valence electrons. The molecule has 1 N–H and O–H groups in total. The number of piperidine rings is 1. The predicted molar refractivity (Wildman–Crippen MR) is 115 cm³/mol. The minimum absolute atomic E-state index is 0.0280. The van der Waals surface area contributed by atoms with Gasteiger partial charge in [-0.15, -0.1) is 0 Å². The van der Waals surface area contributed by atoms with Gasteiger partial charge in [0.1, 0.15) is 5.75 Å². The second kappa shape index (κ2) is 9.59. The van der Waals surface area contributed by atoms with E-state index in [1.165, 1.54) is 11.1 Å². The molecule has 1 aliphatic heterocycles. The molecular formula is C24H30N2O3. The third-order valence-corrected chi connectivity index (χ3v) is 5.49. The van der Waals surface area contributed by atoms with Crippen molar-refractivity contribution < 1.29 is 14.3 Å². The van der Waals surface area contributed by atoms with Crippen LogP contribution in [0.3, 0.4) is 0 Å². The summed E-state index contributed by atoms with van der Waals surface area (Å²) < 4.78 is 5.72. The van der Waals surface area contributed by atoms with Crippen LogP contribution in [0.2, 0.25) is 0 Å². The summed E-state index contributed by atoms with van der Waals surface area (Å²) in [5, 5.41) is 2.95. The lowest BCUT2D eigenvalue weighted by Gasteiger charge is -2.31. The molecule has 0 atom stereocenters. The van der Waals surface area contributed by atoms with Crippen molar-refractivity contribution in [2.24, 2.45) is 5.92 Å². The maximum atomic E-state index is 12.5. The number of amides is 2. The van der Waals surface area contributed by atoms with Crippen molar-refractivity contribution >= 4 is 17.5 Å². The Morgan fingerprint density at radius 2 is 1.79 bits per heavy atom. The van der Waals surface area contributed by atoms with Crippen molar-refractivity contribution in [3.8, 4) is 5.75 Å². The van der Waals surface area contributed by atoms with Gasteiger partial charge in [-0.25, -0.2) is 0 Å². The molecule has 0 unspecified atom stereocenters. The van der Waals surface area contributed by atoms with Crippen LogP contribution in [-0.4, -0.2) is 36.4 Å². The van der Waals surface area contributed by atoms with Crippen molar-refractivity contribution in [3.63, 3.8) is 0 Å². The van der Waals surface area contributed by atoms with Gasteiger partial charge in [0, 0.05) is 24.7 Å².